The minimum absolute atomic E-state index is 0.0000926. The second-order valence-corrected chi connectivity index (χ2v) is 4.35. The minimum Gasteiger partial charge on any atom is -0.341 e. The predicted octanol–water partition coefficient (Wildman–Crippen LogP) is 2.83. The van der Waals surface area contributed by atoms with Crippen molar-refractivity contribution in [1.29, 1.82) is 0 Å². The Bertz CT molecular complexity index is 589. The van der Waals surface area contributed by atoms with Gasteiger partial charge in [-0.3, -0.25) is 4.79 Å². The van der Waals surface area contributed by atoms with Crippen molar-refractivity contribution in [3.8, 4) is 0 Å². The number of rotatable bonds is 1. The zero-order valence-corrected chi connectivity index (χ0v) is 9.60. The van der Waals surface area contributed by atoms with Crippen LogP contribution in [0.1, 0.15) is 33.1 Å². The van der Waals surface area contributed by atoms with Crippen LogP contribution in [0.25, 0.3) is 0 Å². The highest BCUT2D eigenvalue weighted by atomic mass is 16.2. The Morgan fingerprint density at radius 3 is 2.35 bits per heavy atom. The second kappa shape index (κ2) is 3.74. The number of carbonyl (C=O) groups is 1. The Kier molecular flexibility index (Phi) is 2.22. The van der Waals surface area contributed by atoms with Crippen molar-refractivity contribution in [2.75, 3.05) is 0 Å². The first kappa shape index (κ1) is 10.1. The van der Waals surface area contributed by atoms with Crippen molar-refractivity contribution in [1.82, 2.24) is 5.32 Å². The second-order valence-electron chi connectivity index (χ2n) is 4.35. The molecule has 0 unspecified atom stereocenters. The molecule has 2 heteroatoms. The molecule has 1 atom stereocenters. The Morgan fingerprint density at radius 1 is 0.941 bits per heavy atom. The van der Waals surface area contributed by atoms with Gasteiger partial charge in [0.1, 0.15) is 0 Å². The molecule has 2 aromatic carbocycles. The first-order valence-corrected chi connectivity index (χ1v) is 5.72. The number of benzene rings is 2. The molecule has 0 bridgehead atoms. The van der Waals surface area contributed by atoms with Crippen LogP contribution in [0.2, 0.25) is 0 Å². The van der Waals surface area contributed by atoms with Crippen LogP contribution < -0.4 is 5.32 Å². The average molecular weight is 223 g/mol. The molecule has 0 spiro atoms. The van der Waals surface area contributed by atoms with Crippen LogP contribution in [0.15, 0.2) is 48.5 Å². The summed E-state index contributed by atoms with van der Waals surface area (Å²) in [4.78, 5) is 11.8. The van der Waals surface area contributed by atoms with Gasteiger partial charge < -0.3 is 5.32 Å². The first-order valence-electron chi connectivity index (χ1n) is 5.72. The molecule has 0 saturated heterocycles. The molecule has 2 nitrogen and oxygen atoms in total. The van der Waals surface area contributed by atoms with Crippen LogP contribution in [0.4, 0.5) is 0 Å². The summed E-state index contributed by atoms with van der Waals surface area (Å²) in [5.74, 6) is 0.0221. The summed E-state index contributed by atoms with van der Waals surface area (Å²) in [5.41, 5.74) is 4.24. The van der Waals surface area contributed by atoms with Gasteiger partial charge in [-0.1, -0.05) is 42.5 Å². The first-order chi connectivity index (χ1) is 8.27. The topological polar surface area (TPSA) is 29.1 Å². The highest BCUT2D eigenvalue weighted by Gasteiger charge is 2.29. The molecule has 0 radical (unpaired) electrons. The van der Waals surface area contributed by atoms with E-state index in [4.69, 9.17) is 0 Å². The molecule has 0 fully saturated rings. The average Bonchev–Trinajstić information content (AvgIpc) is 2.68. The molecule has 1 amide bonds. The molecule has 84 valence electrons. The largest absolute Gasteiger partial charge is 0.341 e. The SMILES string of the molecule is Cc1ccccc1[C@@H]1NC(=O)c2ccccc21. The lowest BCUT2D eigenvalue weighted by Gasteiger charge is -2.14. The van der Waals surface area contributed by atoms with E-state index < -0.39 is 0 Å². The van der Waals surface area contributed by atoms with E-state index in [0.717, 1.165) is 11.1 Å². The van der Waals surface area contributed by atoms with E-state index in [1.165, 1.54) is 11.1 Å². The van der Waals surface area contributed by atoms with Gasteiger partial charge in [-0.05, 0) is 29.7 Å². The lowest BCUT2D eigenvalue weighted by atomic mass is 9.95. The third kappa shape index (κ3) is 1.53. The van der Waals surface area contributed by atoms with Crippen molar-refractivity contribution in [3.05, 3.63) is 70.8 Å². The van der Waals surface area contributed by atoms with Crippen molar-refractivity contribution in [3.63, 3.8) is 0 Å². The number of carbonyl (C=O) groups excluding carboxylic acids is 1. The predicted molar refractivity (Wildman–Crippen MR) is 66.9 cm³/mol. The van der Waals surface area contributed by atoms with Crippen LogP contribution >= 0.6 is 0 Å². The molecule has 1 heterocycles. The van der Waals surface area contributed by atoms with E-state index in [1.807, 2.05) is 36.4 Å². The lowest BCUT2D eigenvalue weighted by Crippen LogP contribution is -2.20. The van der Waals surface area contributed by atoms with E-state index in [1.54, 1.807) is 0 Å². The highest BCUT2D eigenvalue weighted by molar-refractivity contribution is 5.99. The van der Waals surface area contributed by atoms with Crippen molar-refractivity contribution < 1.29 is 4.79 Å². The standard InChI is InChI=1S/C15H13NO/c1-10-6-2-3-7-11(10)14-12-8-4-5-9-13(12)15(17)16-14/h2-9,14H,1H3,(H,16,17)/t14-/m0/s1. The van der Waals surface area contributed by atoms with Gasteiger partial charge in [0.2, 0.25) is 0 Å². The molecule has 1 aliphatic heterocycles. The van der Waals surface area contributed by atoms with Crippen LogP contribution in [0.3, 0.4) is 0 Å². The fraction of sp³-hybridized carbons (Fsp3) is 0.133. The summed E-state index contributed by atoms with van der Waals surface area (Å²) >= 11 is 0. The summed E-state index contributed by atoms with van der Waals surface area (Å²) in [5, 5.41) is 3.04. The third-order valence-corrected chi connectivity index (χ3v) is 3.29. The Morgan fingerprint density at radius 2 is 1.59 bits per heavy atom. The van der Waals surface area contributed by atoms with Crippen LogP contribution in [-0.4, -0.2) is 5.91 Å². The molecule has 0 saturated carbocycles. The summed E-state index contributed by atoms with van der Waals surface area (Å²) in [6.45, 7) is 2.07. The fourth-order valence-corrected chi connectivity index (χ4v) is 2.40. The summed E-state index contributed by atoms with van der Waals surface area (Å²) in [7, 11) is 0. The van der Waals surface area contributed by atoms with Gasteiger partial charge >= 0.3 is 0 Å². The van der Waals surface area contributed by atoms with E-state index in [9.17, 15) is 4.79 Å². The van der Waals surface area contributed by atoms with Crippen molar-refractivity contribution in [2.24, 2.45) is 0 Å². The number of amides is 1. The zero-order valence-electron chi connectivity index (χ0n) is 9.60. The molecule has 1 N–H and O–H groups in total. The van der Waals surface area contributed by atoms with E-state index in [0.29, 0.717) is 0 Å². The molecule has 2 aromatic rings. The van der Waals surface area contributed by atoms with Crippen LogP contribution in [0, 0.1) is 6.92 Å². The van der Waals surface area contributed by atoms with Crippen LogP contribution in [0.5, 0.6) is 0 Å². The monoisotopic (exact) mass is 223 g/mol. The Balaban J connectivity index is 2.14. The summed E-state index contributed by atoms with van der Waals surface area (Å²) in [6.07, 6.45) is 0. The molecular formula is C15H13NO. The molecule has 0 aliphatic carbocycles. The van der Waals surface area contributed by atoms with Crippen molar-refractivity contribution in [2.45, 2.75) is 13.0 Å². The summed E-state index contributed by atoms with van der Waals surface area (Å²) in [6, 6.07) is 15.9. The molecule has 1 aliphatic rings. The summed E-state index contributed by atoms with van der Waals surface area (Å²) < 4.78 is 0. The van der Waals surface area contributed by atoms with E-state index >= 15 is 0 Å². The van der Waals surface area contributed by atoms with Gasteiger partial charge in [0.25, 0.3) is 5.91 Å². The van der Waals surface area contributed by atoms with Gasteiger partial charge in [0.15, 0.2) is 0 Å². The van der Waals surface area contributed by atoms with Gasteiger partial charge in [-0.15, -0.1) is 0 Å². The van der Waals surface area contributed by atoms with Gasteiger partial charge in [0.05, 0.1) is 6.04 Å². The van der Waals surface area contributed by atoms with Gasteiger partial charge in [-0.2, -0.15) is 0 Å². The fourth-order valence-electron chi connectivity index (χ4n) is 2.40. The lowest BCUT2D eigenvalue weighted by molar-refractivity contribution is 0.0960. The Hall–Kier alpha value is -2.09. The number of fused-ring (bicyclic) bond motifs is 1. The maximum atomic E-state index is 11.8. The number of aryl methyl sites for hydroxylation is 1. The molecular weight excluding hydrogens is 210 g/mol. The molecule has 17 heavy (non-hydrogen) atoms. The molecule has 3 rings (SSSR count). The Labute approximate surface area is 100 Å². The number of hydrogen-bond acceptors (Lipinski definition) is 1. The van der Waals surface area contributed by atoms with E-state index in [2.05, 4.69) is 24.4 Å². The van der Waals surface area contributed by atoms with E-state index in [-0.39, 0.29) is 11.9 Å². The number of nitrogens with one attached hydrogen (secondary N) is 1. The van der Waals surface area contributed by atoms with Crippen LogP contribution in [-0.2, 0) is 0 Å². The third-order valence-electron chi connectivity index (χ3n) is 3.29. The normalized spacial score (nSPS) is 17.7. The maximum absolute atomic E-state index is 11.8. The molecule has 0 aromatic heterocycles. The van der Waals surface area contributed by atoms with Gasteiger partial charge in [-0.25, -0.2) is 0 Å². The van der Waals surface area contributed by atoms with Crippen molar-refractivity contribution >= 4 is 5.91 Å². The quantitative estimate of drug-likeness (QED) is 0.791. The zero-order chi connectivity index (χ0) is 11.8. The minimum atomic E-state index is -0.0000926. The smallest absolute Gasteiger partial charge is 0.252 e. The number of hydrogen-bond donors (Lipinski definition) is 1. The highest BCUT2D eigenvalue weighted by Crippen LogP contribution is 2.31. The maximum Gasteiger partial charge on any atom is 0.252 e. The van der Waals surface area contributed by atoms with Gasteiger partial charge in [0, 0.05) is 5.56 Å².